The van der Waals surface area contributed by atoms with E-state index in [1.807, 2.05) is 0 Å². The lowest BCUT2D eigenvalue weighted by molar-refractivity contribution is -0.141. The van der Waals surface area contributed by atoms with Crippen molar-refractivity contribution in [2.24, 2.45) is 5.92 Å². The average molecular weight is 324 g/mol. The zero-order valence-corrected chi connectivity index (χ0v) is 12.6. The number of piperazine rings is 1. The average Bonchev–Trinajstić information content (AvgIpc) is 3.40. The minimum atomic E-state index is -0.709. The fourth-order valence-electron chi connectivity index (χ4n) is 2.58. The van der Waals surface area contributed by atoms with Crippen LogP contribution in [0.4, 0.5) is 8.78 Å². The Labute approximate surface area is 132 Å². The number of hydrogen-bond donors (Lipinski definition) is 0. The van der Waals surface area contributed by atoms with Crippen molar-refractivity contribution in [1.29, 1.82) is 0 Å². The lowest BCUT2D eigenvalue weighted by atomic mass is 10.2. The molecular formula is C16H18F2N2O3. The van der Waals surface area contributed by atoms with Gasteiger partial charge in [-0.15, -0.1) is 0 Å². The molecule has 2 aliphatic rings. The van der Waals surface area contributed by atoms with Crippen LogP contribution < -0.4 is 4.74 Å². The molecule has 1 saturated carbocycles. The molecule has 1 aromatic rings. The van der Waals surface area contributed by atoms with Crippen molar-refractivity contribution >= 4 is 11.8 Å². The Morgan fingerprint density at radius 3 is 2.39 bits per heavy atom. The molecule has 1 aromatic carbocycles. The van der Waals surface area contributed by atoms with E-state index < -0.39 is 11.6 Å². The van der Waals surface area contributed by atoms with E-state index in [0.717, 1.165) is 31.0 Å². The molecule has 3 rings (SSSR count). The maximum atomic E-state index is 13.4. The van der Waals surface area contributed by atoms with E-state index in [9.17, 15) is 18.4 Å². The van der Waals surface area contributed by atoms with E-state index in [2.05, 4.69) is 0 Å². The maximum Gasteiger partial charge on any atom is 0.260 e. The van der Waals surface area contributed by atoms with E-state index in [4.69, 9.17) is 4.74 Å². The first kappa shape index (κ1) is 15.7. The van der Waals surface area contributed by atoms with Crippen molar-refractivity contribution in [3.05, 3.63) is 29.8 Å². The first-order chi connectivity index (χ1) is 11.0. The molecule has 1 aliphatic heterocycles. The molecule has 1 aliphatic carbocycles. The molecule has 0 unspecified atom stereocenters. The monoisotopic (exact) mass is 324 g/mol. The third kappa shape index (κ3) is 3.78. The summed E-state index contributed by atoms with van der Waals surface area (Å²) in [5.41, 5.74) is 0. The van der Waals surface area contributed by atoms with Gasteiger partial charge in [0.2, 0.25) is 5.91 Å². The van der Waals surface area contributed by atoms with Crippen molar-refractivity contribution in [3.8, 4) is 5.75 Å². The molecule has 2 amide bonds. The summed E-state index contributed by atoms with van der Waals surface area (Å²) < 4.78 is 31.5. The van der Waals surface area contributed by atoms with Crippen molar-refractivity contribution < 1.29 is 23.1 Å². The summed E-state index contributed by atoms with van der Waals surface area (Å²) in [4.78, 5) is 27.4. The standard InChI is InChI=1S/C16H18F2N2O3/c17-12-3-4-13(18)14(9-12)23-10-15(21)19-5-7-20(8-6-19)16(22)11-1-2-11/h3-4,9,11H,1-2,5-8,10H2. The second-order valence-electron chi connectivity index (χ2n) is 5.84. The SMILES string of the molecule is O=C(COc1cc(F)ccc1F)N1CCN(C(=O)C2CC2)CC1. The second kappa shape index (κ2) is 6.52. The fraction of sp³-hybridized carbons (Fsp3) is 0.500. The van der Waals surface area contributed by atoms with Gasteiger partial charge in [-0.25, -0.2) is 8.78 Å². The van der Waals surface area contributed by atoms with Crippen molar-refractivity contribution in [2.75, 3.05) is 32.8 Å². The highest BCUT2D eigenvalue weighted by Crippen LogP contribution is 2.31. The summed E-state index contributed by atoms with van der Waals surface area (Å²) in [6.07, 6.45) is 1.93. The smallest absolute Gasteiger partial charge is 0.260 e. The number of hydrogen-bond acceptors (Lipinski definition) is 3. The Bertz CT molecular complexity index is 611. The van der Waals surface area contributed by atoms with Crippen molar-refractivity contribution in [1.82, 2.24) is 9.80 Å². The van der Waals surface area contributed by atoms with Crippen LogP contribution in [-0.4, -0.2) is 54.4 Å². The van der Waals surface area contributed by atoms with Gasteiger partial charge in [0.15, 0.2) is 18.2 Å². The third-order valence-electron chi connectivity index (χ3n) is 4.12. The number of ether oxygens (including phenoxy) is 1. The minimum absolute atomic E-state index is 0.176. The van der Waals surface area contributed by atoms with E-state index in [-0.39, 0.29) is 30.1 Å². The zero-order valence-electron chi connectivity index (χ0n) is 12.6. The van der Waals surface area contributed by atoms with Crippen LogP contribution in [0.5, 0.6) is 5.75 Å². The van der Waals surface area contributed by atoms with Crippen molar-refractivity contribution in [3.63, 3.8) is 0 Å². The summed E-state index contributed by atoms with van der Waals surface area (Å²) in [5.74, 6) is -1.56. The molecule has 0 bridgehead atoms. The molecule has 5 nitrogen and oxygen atoms in total. The number of nitrogens with zero attached hydrogens (tertiary/aromatic N) is 2. The molecular weight excluding hydrogens is 306 g/mol. The van der Waals surface area contributed by atoms with E-state index >= 15 is 0 Å². The van der Waals surface area contributed by atoms with Gasteiger partial charge in [-0.3, -0.25) is 9.59 Å². The van der Waals surface area contributed by atoms with Crippen LogP contribution in [0.25, 0.3) is 0 Å². The molecule has 0 spiro atoms. The fourth-order valence-corrected chi connectivity index (χ4v) is 2.58. The Balaban J connectivity index is 1.47. The van der Waals surface area contributed by atoms with Crippen LogP contribution in [0.1, 0.15) is 12.8 Å². The first-order valence-electron chi connectivity index (χ1n) is 7.69. The molecule has 0 radical (unpaired) electrons. The number of rotatable bonds is 4. The van der Waals surface area contributed by atoms with E-state index in [1.165, 1.54) is 0 Å². The molecule has 23 heavy (non-hydrogen) atoms. The lowest BCUT2D eigenvalue weighted by Crippen LogP contribution is -2.52. The predicted octanol–water partition coefficient (Wildman–Crippen LogP) is 1.42. The Hall–Kier alpha value is -2.18. The van der Waals surface area contributed by atoms with E-state index in [1.54, 1.807) is 9.80 Å². The highest BCUT2D eigenvalue weighted by molar-refractivity contribution is 5.82. The topological polar surface area (TPSA) is 49.9 Å². The maximum absolute atomic E-state index is 13.4. The number of amides is 2. The summed E-state index contributed by atoms with van der Waals surface area (Å²) in [7, 11) is 0. The molecule has 1 saturated heterocycles. The Morgan fingerprint density at radius 1 is 1.09 bits per heavy atom. The Kier molecular flexibility index (Phi) is 4.45. The summed E-state index contributed by atoms with van der Waals surface area (Å²) >= 11 is 0. The van der Waals surface area contributed by atoms with Gasteiger partial charge in [0.05, 0.1) is 0 Å². The van der Waals surface area contributed by atoms with Crippen LogP contribution in [0.3, 0.4) is 0 Å². The van der Waals surface area contributed by atoms with Crippen LogP contribution in [-0.2, 0) is 9.59 Å². The van der Waals surface area contributed by atoms with Gasteiger partial charge in [0, 0.05) is 38.2 Å². The van der Waals surface area contributed by atoms with E-state index in [0.29, 0.717) is 26.2 Å². The molecule has 0 aromatic heterocycles. The van der Waals surface area contributed by atoms with Gasteiger partial charge in [0.25, 0.3) is 5.91 Å². The Morgan fingerprint density at radius 2 is 1.74 bits per heavy atom. The molecule has 1 heterocycles. The molecule has 0 N–H and O–H groups in total. The summed E-state index contributed by atoms with van der Waals surface area (Å²) in [6.45, 7) is 1.54. The van der Waals surface area contributed by atoms with Crippen LogP contribution >= 0.6 is 0 Å². The van der Waals surface area contributed by atoms with Gasteiger partial charge >= 0.3 is 0 Å². The number of carbonyl (C=O) groups is 2. The zero-order chi connectivity index (χ0) is 16.4. The number of carbonyl (C=O) groups excluding carboxylic acids is 2. The number of benzene rings is 1. The highest BCUT2D eigenvalue weighted by atomic mass is 19.1. The van der Waals surface area contributed by atoms with Gasteiger partial charge in [-0.2, -0.15) is 0 Å². The second-order valence-corrected chi connectivity index (χ2v) is 5.84. The van der Waals surface area contributed by atoms with Gasteiger partial charge in [-0.1, -0.05) is 0 Å². The molecule has 7 heteroatoms. The van der Waals surface area contributed by atoms with Crippen LogP contribution in [0.2, 0.25) is 0 Å². The largest absolute Gasteiger partial charge is 0.481 e. The number of halogens is 2. The van der Waals surface area contributed by atoms with Crippen LogP contribution in [0, 0.1) is 17.6 Å². The molecule has 124 valence electrons. The van der Waals surface area contributed by atoms with Gasteiger partial charge in [-0.05, 0) is 25.0 Å². The van der Waals surface area contributed by atoms with Gasteiger partial charge in [0.1, 0.15) is 5.82 Å². The van der Waals surface area contributed by atoms with Gasteiger partial charge < -0.3 is 14.5 Å². The highest BCUT2D eigenvalue weighted by Gasteiger charge is 2.35. The lowest BCUT2D eigenvalue weighted by Gasteiger charge is -2.34. The van der Waals surface area contributed by atoms with Crippen molar-refractivity contribution in [2.45, 2.75) is 12.8 Å². The van der Waals surface area contributed by atoms with Crippen LogP contribution in [0.15, 0.2) is 18.2 Å². The summed E-state index contributed by atoms with van der Waals surface area (Å²) in [6, 6.07) is 2.85. The summed E-state index contributed by atoms with van der Waals surface area (Å²) in [5, 5.41) is 0. The third-order valence-corrected chi connectivity index (χ3v) is 4.12. The first-order valence-corrected chi connectivity index (χ1v) is 7.69. The minimum Gasteiger partial charge on any atom is -0.481 e. The molecule has 0 atom stereocenters. The molecule has 2 fully saturated rings. The normalized spacial score (nSPS) is 18.0. The quantitative estimate of drug-likeness (QED) is 0.842. The predicted molar refractivity (Wildman–Crippen MR) is 77.7 cm³/mol.